The number of esters is 3. The maximum Gasteiger partial charge on any atom is 0.309 e. The molecule has 1 unspecified atom stereocenters. The third kappa shape index (κ3) is 65.0. The van der Waals surface area contributed by atoms with E-state index < -0.39 is 12.1 Å². The van der Waals surface area contributed by atoms with Crippen LogP contribution in [0.4, 0.5) is 0 Å². The maximum absolute atomic E-state index is 12.9. The predicted octanol–water partition coefficient (Wildman–Crippen LogP) is 23.2. The maximum atomic E-state index is 12.9. The fraction of sp³-hybridized carbons (Fsp3) is 0.740. The zero-order chi connectivity index (χ0) is 57.1. The molecule has 0 rings (SSSR count). The van der Waals surface area contributed by atoms with Crippen LogP contribution in [0.3, 0.4) is 0 Å². The summed E-state index contributed by atoms with van der Waals surface area (Å²) in [6.07, 6.45) is 90.4. The summed E-state index contributed by atoms with van der Waals surface area (Å²) in [6, 6.07) is 0. The summed E-state index contributed by atoms with van der Waals surface area (Å²) in [4.78, 5) is 38.3. The molecule has 0 heterocycles. The Kier molecular flexibility index (Phi) is 63.7. The van der Waals surface area contributed by atoms with E-state index in [9.17, 15) is 14.4 Å². The highest BCUT2D eigenvalue weighted by Crippen LogP contribution is 2.18. The summed E-state index contributed by atoms with van der Waals surface area (Å²) in [6.45, 7) is 6.36. The van der Waals surface area contributed by atoms with Gasteiger partial charge in [-0.05, 0) is 77.0 Å². The third-order valence-corrected chi connectivity index (χ3v) is 14.6. The van der Waals surface area contributed by atoms with Crippen LogP contribution in [0.25, 0.3) is 0 Å². The van der Waals surface area contributed by atoms with Crippen LogP contribution in [0.1, 0.15) is 329 Å². The molecule has 0 saturated carbocycles. The van der Waals surface area contributed by atoms with Gasteiger partial charge in [-0.3, -0.25) is 14.4 Å². The second-order valence-corrected chi connectivity index (χ2v) is 22.3. The minimum Gasteiger partial charge on any atom is -0.462 e. The molecule has 454 valence electrons. The van der Waals surface area contributed by atoms with Gasteiger partial charge in [0, 0.05) is 12.8 Å². The fourth-order valence-corrected chi connectivity index (χ4v) is 9.65. The number of ether oxygens (including phenoxy) is 3. The van der Waals surface area contributed by atoms with E-state index in [4.69, 9.17) is 14.2 Å². The van der Waals surface area contributed by atoms with Crippen LogP contribution in [0.2, 0.25) is 0 Å². The van der Waals surface area contributed by atoms with E-state index in [1.54, 1.807) is 6.08 Å². The van der Waals surface area contributed by atoms with Gasteiger partial charge in [0.15, 0.2) is 6.10 Å². The zero-order valence-electron chi connectivity index (χ0n) is 52.1. The van der Waals surface area contributed by atoms with Crippen LogP contribution >= 0.6 is 0 Å². The summed E-state index contributed by atoms with van der Waals surface area (Å²) in [7, 11) is 0. The van der Waals surface area contributed by atoms with E-state index in [1.165, 1.54) is 193 Å². The van der Waals surface area contributed by atoms with Crippen molar-refractivity contribution >= 4 is 17.9 Å². The van der Waals surface area contributed by atoms with Crippen LogP contribution in [0.5, 0.6) is 0 Å². The molecular formula is C73H126O6. The molecule has 0 aliphatic rings. The minimum atomic E-state index is -0.824. The molecule has 6 nitrogen and oxygen atoms in total. The normalized spacial score (nSPS) is 12.7. The molecule has 0 N–H and O–H groups in total. The second kappa shape index (κ2) is 66.8. The minimum absolute atomic E-state index is 0.110. The van der Waals surface area contributed by atoms with Gasteiger partial charge in [-0.25, -0.2) is 0 Å². The van der Waals surface area contributed by atoms with Crippen LogP contribution in [0, 0.1) is 0 Å². The van der Waals surface area contributed by atoms with Crippen LogP contribution in [-0.4, -0.2) is 37.2 Å². The molecule has 0 aromatic carbocycles. The number of hydrogen-bond donors (Lipinski definition) is 0. The first kappa shape index (κ1) is 75.3. The predicted molar refractivity (Wildman–Crippen MR) is 344 cm³/mol. The third-order valence-electron chi connectivity index (χ3n) is 14.6. The molecule has 0 radical (unpaired) electrons. The van der Waals surface area contributed by atoms with Gasteiger partial charge in [-0.1, -0.05) is 330 Å². The summed E-state index contributed by atoms with van der Waals surface area (Å²) in [5.74, 6) is -1.04. The van der Waals surface area contributed by atoms with Crippen molar-refractivity contribution < 1.29 is 28.6 Å². The molecule has 79 heavy (non-hydrogen) atoms. The summed E-state index contributed by atoms with van der Waals surface area (Å²) >= 11 is 0. The Balaban J connectivity index is 4.28. The quantitative estimate of drug-likeness (QED) is 0.0261. The summed E-state index contributed by atoms with van der Waals surface area (Å²) in [5.41, 5.74) is 0. The number of carbonyl (C=O) groups excluding carboxylic acids is 3. The average Bonchev–Trinajstić information content (AvgIpc) is 3.45. The van der Waals surface area contributed by atoms with Gasteiger partial charge in [0.2, 0.25) is 0 Å². The largest absolute Gasteiger partial charge is 0.462 e. The second-order valence-electron chi connectivity index (χ2n) is 22.3. The highest BCUT2D eigenvalue weighted by Gasteiger charge is 2.19. The van der Waals surface area contributed by atoms with Crippen molar-refractivity contribution in [3.63, 3.8) is 0 Å². The van der Waals surface area contributed by atoms with Gasteiger partial charge in [-0.15, -0.1) is 0 Å². The van der Waals surface area contributed by atoms with Gasteiger partial charge in [0.25, 0.3) is 0 Å². The fourth-order valence-electron chi connectivity index (χ4n) is 9.65. The molecule has 0 amide bonds. The monoisotopic (exact) mass is 1100 g/mol. The van der Waals surface area contributed by atoms with Gasteiger partial charge >= 0.3 is 17.9 Å². The van der Waals surface area contributed by atoms with Crippen molar-refractivity contribution in [3.05, 3.63) is 97.2 Å². The van der Waals surface area contributed by atoms with Crippen molar-refractivity contribution in [1.29, 1.82) is 0 Å². The van der Waals surface area contributed by atoms with Crippen molar-refractivity contribution in [2.24, 2.45) is 0 Å². The standard InChI is InChI=1S/C73H126O6/c1-4-7-10-13-16-19-22-25-28-30-31-32-33-34-35-36-37-38-39-40-41-43-45-48-51-54-57-60-63-66-72(75)78-69-70(68-77-71(74)65-62-59-56-53-50-47-44-27-24-21-18-15-12-9-6-3)79-73(76)67-64-61-58-55-52-49-46-42-29-26-23-20-17-14-11-8-5-2/h8-9,11-12,17-18,20-21,26-27,29,44,50,53,59,62,70H,4-7,10,13-16,19,22-25,28,30-43,45-49,51-52,54-58,60-61,63-69H2,1-3H3/b11-8-,12-9-,20-17-,21-18-,29-26-,44-27-,53-50-,62-59-. The molecule has 0 spiro atoms. The lowest BCUT2D eigenvalue weighted by atomic mass is 10.0. The van der Waals surface area contributed by atoms with E-state index in [-0.39, 0.29) is 31.6 Å². The topological polar surface area (TPSA) is 78.9 Å². The molecule has 0 aliphatic carbocycles. The van der Waals surface area contributed by atoms with E-state index in [0.29, 0.717) is 12.8 Å². The highest BCUT2D eigenvalue weighted by atomic mass is 16.6. The number of carbonyl (C=O) groups is 3. The molecule has 0 fully saturated rings. The van der Waals surface area contributed by atoms with Crippen molar-refractivity contribution in [3.8, 4) is 0 Å². The molecule has 1 atom stereocenters. The summed E-state index contributed by atoms with van der Waals surface area (Å²) < 4.78 is 16.8. The first-order chi connectivity index (χ1) is 39.0. The lowest BCUT2D eigenvalue weighted by Gasteiger charge is -2.18. The van der Waals surface area contributed by atoms with Crippen LogP contribution in [-0.2, 0) is 28.6 Å². The first-order valence-electron chi connectivity index (χ1n) is 33.7. The number of rotatable bonds is 61. The van der Waals surface area contributed by atoms with Gasteiger partial charge in [-0.2, -0.15) is 0 Å². The van der Waals surface area contributed by atoms with Crippen molar-refractivity contribution in [2.45, 2.75) is 335 Å². The number of allylic oxidation sites excluding steroid dienone is 15. The molecular weight excluding hydrogens is 973 g/mol. The molecule has 0 aromatic rings. The molecule has 0 bridgehead atoms. The molecule has 0 aromatic heterocycles. The van der Waals surface area contributed by atoms with Gasteiger partial charge in [0.05, 0.1) is 6.42 Å². The van der Waals surface area contributed by atoms with Crippen molar-refractivity contribution in [1.82, 2.24) is 0 Å². The van der Waals surface area contributed by atoms with Gasteiger partial charge in [0.1, 0.15) is 13.2 Å². The summed E-state index contributed by atoms with van der Waals surface area (Å²) in [5, 5.41) is 0. The Morgan fingerprint density at radius 1 is 0.278 bits per heavy atom. The zero-order valence-corrected chi connectivity index (χ0v) is 52.1. The van der Waals surface area contributed by atoms with E-state index in [1.807, 2.05) is 6.08 Å². The van der Waals surface area contributed by atoms with Crippen LogP contribution < -0.4 is 0 Å². The Hall–Kier alpha value is -3.67. The highest BCUT2D eigenvalue weighted by molar-refractivity contribution is 5.72. The first-order valence-corrected chi connectivity index (χ1v) is 33.7. The van der Waals surface area contributed by atoms with E-state index >= 15 is 0 Å². The van der Waals surface area contributed by atoms with Crippen LogP contribution in [0.15, 0.2) is 97.2 Å². The molecule has 0 saturated heterocycles. The molecule has 6 heteroatoms. The van der Waals surface area contributed by atoms with E-state index in [2.05, 4.69) is 106 Å². The Morgan fingerprint density at radius 3 is 0.886 bits per heavy atom. The Bertz CT molecular complexity index is 1540. The molecule has 0 aliphatic heterocycles. The lowest BCUT2D eigenvalue weighted by Crippen LogP contribution is -2.30. The smallest absolute Gasteiger partial charge is 0.309 e. The van der Waals surface area contributed by atoms with Gasteiger partial charge < -0.3 is 14.2 Å². The SMILES string of the molecule is CC/C=C\C/C=C\C/C=C\C/C=C\C/C=C\CC(=O)OCC(COC(=O)CCCCCCCCCCCCCCCCCCCCCCCCCCCCCCC)OC(=O)CCCCCCCCC/C=C\C/C=C\C/C=C\CC. The average molecular weight is 1100 g/mol. The van der Waals surface area contributed by atoms with Crippen molar-refractivity contribution in [2.75, 3.05) is 13.2 Å². The number of hydrogen-bond acceptors (Lipinski definition) is 6. The van der Waals surface area contributed by atoms with E-state index in [0.717, 1.165) is 96.3 Å². The number of unbranched alkanes of at least 4 members (excludes halogenated alkanes) is 35. The Morgan fingerprint density at radius 2 is 0.544 bits per heavy atom. The Labute approximate surface area is 489 Å². The lowest BCUT2D eigenvalue weighted by molar-refractivity contribution is -0.166.